The van der Waals surface area contributed by atoms with Crippen molar-refractivity contribution >= 4 is 11.6 Å². The van der Waals surface area contributed by atoms with Gasteiger partial charge in [0.1, 0.15) is 0 Å². The van der Waals surface area contributed by atoms with Crippen molar-refractivity contribution in [2.75, 3.05) is 0 Å². The van der Waals surface area contributed by atoms with E-state index in [0.717, 1.165) is 19.3 Å². The zero-order valence-electron chi connectivity index (χ0n) is 11.5. The molecule has 0 bridgehead atoms. The monoisotopic (exact) mass is 248 g/mol. The second-order valence-electron chi connectivity index (χ2n) is 6.31. The van der Waals surface area contributed by atoms with Crippen LogP contribution in [0.2, 0.25) is 0 Å². The maximum Gasteiger partial charge on any atom is 0.223 e. The molecule has 0 unspecified atom stereocenters. The molecule has 0 aliphatic heterocycles. The Bertz CT molecular complexity index is 494. The highest BCUT2D eigenvalue weighted by Crippen LogP contribution is 2.57. The number of hydrogen-bond acceptors (Lipinski definition) is 3. The molecule has 3 heteroatoms. The Balaban J connectivity index is 2.58. The average molecular weight is 248 g/mol. The van der Waals surface area contributed by atoms with Crippen LogP contribution in [0, 0.1) is 10.8 Å². The van der Waals surface area contributed by atoms with Crippen LogP contribution >= 0.6 is 0 Å². The number of aliphatic hydroxyl groups is 1. The lowest BCUT2D eigenvalue weighted by Crippen LogP contribution is -2.37. The van der Waals surface area contributed by atoms with Gasteiger partial charge in [0.2, 0.25) is 5.78 Å². The first-order valence-corrected chi connectivity index (χ1v) is 6.42. The van der Waals surface area contributed by atoms with Crippen molar-refractivity contribution in [3.8, 4) is 0 Å². The number of carbonyl (C=O) groups is 2. The summed E-state index contributed by atoms with van der Waals surface area (Å²) >= 11 is 0. The van der Waals surface area contributed by atoms with Crippen LogP contribution in [0.4, 0.5) is 0 Å². The summed E-state index contributed by atoms with van der Waals surface area (Å²) in [6.07, 6.45) is 4.22. The normalized spacial score (nSPS) is 31.9. The Kier molecular flexibility index (Phi) is 2.76. The molecule has 1 atom stereocenters. The van der Waals surface area contributed by atoms with Gasteiger partial charge in [-0.3, -0.25) is 9.59 Å². The highest BCUT2D eigenvalue weighted by molar-refractivity contribution is 6.21. The van der Waals surface area contributed by atoms with Crippen molar-refractivity contribution in [3.63, 3.8) is 0 Å². The fourth-order valence-corrected chi connectivity index (χ4v) is 3.25. The number of carbonyl (C=O) groups excluding carboxylic acids is 2. The summed E-state index contributed by atoms with van der Waals surface area (Å²) in [5, 5.41) is 10.1. The summed E-state index contributed by atoms with van der Waals surface area (Å²) < 4.78 is 0. The minimum Gasteiger partial charge on any atom is -0.504 e. The van der Waals surface area contributed by atoms with Crippen molar-refractivity contribution in [3.05, 3.63) is 23.0 Å². The lowest BCUT2D eigenvalue weighted by molar-refractivity contribution is -0.119. The van der Waals surface area contributed by atoms with Crippen LogP contribution in [0.15, 0.2) is 23.0 Å². The molecule has 2 aliphatic rings. The van der Waals surface area contributed by atoms with E-state index < -0.39 is 11.2 Å². The van der Waals surface area contributed by atoms with Crippen molar-refractivity contribution in [1.29, 1.82) is 0 Å². The van der Waals surface area contributed by atoms with E-state index in [1.165, 1.54) is 6.08 Å². The van der Waals surface area contributed by atoms with E-state index in [2.05, 4.69) is 13.8 Å². The second kappa shape index (κ2) is 3.81. The first kappa shape index (κ1) is 13.1. The molecule has 0 amide bonds. The standard InChI is InChI=1S/C15H20O3/c1-9-8-10(16)11(13(18)12(9)17)15(4)7-5-6-14(15,2)3/h8,18H,5-7H2,1-4H3/t15-/m1/s1. The van der Waals surface area contributed by atoms with Gasteiger partial charge in [0.05, 0.1) is 5.57 Å². The Morgan fingerprint density at radius 2 is 1.78 bits per heavy atom. The molecular formula is C15H20O3. The third kappa shape index (κ3) is 1.57. The summed E-state index contributed by atoms with van der Waals surface area (Å²) in [4.78, 5) is 24.1. The van der Waals surface area contributed by atoms with E-state index in [4.69, 9.17) is 0 Å². The number of ketones is 2. The molecule has 0 aromatic rings. The zero-order chi connectivity index (χ0) is 13.7. The Hall–Kier alpha value is -1.38. The summed E-state index contributed by atoms with van der Waals surface area (Å²) in [6, 6.07) is 0. The second-order valence-corrected chi connectivity index (χ2v) is 6.31. The maximum atomic E-state index is 12.2. The van der Waals surface area contributed by atoms with Gasteiger partial charge in [-0.2, -0.15) is 0 Å². The number of aliphatic hydroxyl groups excluding tert-OH is 1. The molecular weight excluding hydrogens is 228 g/mol. The summed E-state index contributed by atoms with van der Waals surface area (Å²) in [7, 11) is 0. The van der Waals surface area contributed by atoms with E-state index >= 15 is 0 Å². The molecule has 0 aromatic carbocycles. The molecule has 0 radical (unpaired) electrons. The predicted octanol–water partition coefficient (Wildman–Crippen LogP) is 3.11. The molecule has 0 heterocycles. The average Bonchev–Trinajstić information content (AvgIpc) is 2.51. The van der Waals surface area contributed by atoms with Gasteiger partial charge < -0.3 is 5.11 Å². The molecule has 2 rings (SSSR count). The Labute approximate surface area is 108 Å². The lowest BCUT2D eigenvalue weighted by atomic mass is 9.62. The topological polar surface area (TPSA) is 54.4 Å². The van der Waals surface area contributed by atoms with E-state index in [0.29, 0.717) is 11.1 Å². The first-order valence-electron chi connectivity index (χ1n) is 6.42. The van der Waals surface area contributed by atoms with Gasteiger partial charge in [-0.25, -0.2) is 0 Å². The zero-order valence-corrected chi connectivity index (χ0v) is 11.5. The van der Waals surface area contributed by atoms with Crippen LogP contribution in [-0.2, 0) is 9.59 Å². The molecule has 98 valence electrons. The van der Waals surface area contributed by atoms with E-state index in [-0.39, 0.29) is 17.0 Å². The fourth-order valence-electron chi connectivity index (χ4n) is 3.25. The molecule has 0 aromatic heterocycles. The van der Waals surface area contributed by atoms with Crippen molar-refractivity contribution in [2.24, 2.45) is 10.8 Å². The number of hydrogen-bond donors (Lipinski definition) is 1. The van der Waals surface area contributed by atoms with E-state index in [1.807, 2.05) is 6.92 Å². The van der Waals surface area contributed by atoms with Crippen LogP contribution in [0.3, 0.4) is 0 Å². The van der Waals surface area contributed by atoms with Gasteiger partial charge in [0, 0.05) is 11.0 Å². The predicted molar refractivity (Wildman–Crippen MR) is 69.2 cm³/mol. The third-order valence-electron chi connectivity index (χ3n) is 4.93. The van der Waals surface area contributed by atoms with E-state index in [1.54, 1.807) is 6.92 Å². The number of rotatable bonds is 1. The molecule has 1 saturated carbocycles. The van der Waals surface area contributed by atoms with Crippen molar-refractivity contribution in [2.45, 2.75) is 47.0 Å². The van der Waals surface area contributed by atoms with Crippen molar-refractivity contribution in [1.82, 2.24) is 0 Å². The summed E-state index contributed by atoms with van der Waals surface area (Å²) in [5.41, 5.74) is 0.146. The fraction of sp³-hybridized carbons (Fsp3) is 0.600. The smallest absolute Gasteiger partial charge is 0.223 e. The minimum atomic E-state index is -0.416. The Morgan fingerprint density at radius 3 is 2.28 bits per heavy atom. The van der Waals surface area contributed by atoms with Gasteiger partial charge in [0.25, 0.3) is 0 Å². The van der Waals surface area contributed by atoms with Crippen LogP contribution < -0.4 is 0 Å². The Morgan fingerprint density at radius 1 is 1.17 bits per heavy atom. The largest absolute Gasteiger partial charge is 0.504 e. The van der Waals surface area contributed by atoms with Gasteiger partial charge in [-0.05, 0) is 31.3 Å². The minimum absolute atomic E-state index is 0.0780. The van der Waals surface area contributed by atoms with Gasteiger partial charge in [0.15, 0.2) is 11.5 Å². The first-order chi connectivity index (χ1) is 8.21. The van der Waals surface area contributed by atoms with Crippen LogP contribution in [0.5, 0.6) is 0 Å². The maximum absolute atomic E-state index is 12.2. The third-order valence-corrected chi connectivity index (χ3v) is 4.93. The molecule has 3 nitrogen and oxygen atoms in total. The molecule has 0 saturated heterocycles. The van der Waals surface area contributed by atoms with Gasteiger partial charge in [-0.1, -0.05) is 27.2 Å². The number of allylic oxidation sites excluding steroid dienone is 3. The molecule has 18 heavy (non-hydrogen) atoms. The van der Waals surface area contributed by atoms with E-state index in [9.17, 15) is 14.7 Å². The summed E-state index contributed by atoms with van der Waals surface area (Å²) in [5.74, 6) is -0.951. The highest BCUT2D eigenvalue weighted by Gasteiger charge is 2.51. The molecule has 2 aliphatic carbocycles. The highest BCUT2D eigenvalue weighted by atomic mass is 16.3. The van der Waals surface area contributed by atoms with Crippen molar-refractivity contribution < 1.29 is 14.7 Å². The SMILES string of the molecule is CC1=CC(=O)C([C@@]2(C)CCCC2(C)C)=C(O)C1=O. The van der Waals surface area contributed by atoms with Gasteiger partial charge in [-0.15, -0.1) is 0 Å². The molecule has 1 fully saturated rings. The van der Waals surface area contributed by atoms with Crippen LogP contribution in [-0.4, -0.2) is 16.7 Å². The van der Waals surface area contributed by atoms with Gasteiger partial charge >= 0.3 is 0 Å². The number of Topliss-reactive ketones (excluding diaryl/α,β-unsaturated/α-hetero) is 1. The quantitative estimate of drug-likeness (QED) is 0.725. The van der Waals surface area contributed by atoms with Crippen LogP contribution in [0.1, 0.15) is 47.0 Å². The molecule has 0 spiro atoms. The summed E-state index contributed by atoms with van der Waals surface area (Å²) in [6.45, 7) is 7.76. The molecule has 1 N–H and O–H groups in total. The van der Waals surface area contributed by atoms with Crippen LogP contribution in [0.25, 0.3) is 0 Å². The lowest BCUT2D eigenvalue weighted by Gasteiger charge is -2.40.